The molecule has 2 aromatic carbocycles. The van der Waals surface area contributed by atoms with Gasteiger partial charge >= 0.3 is 0 Å². The third kappa shape index (κ3) is 2.65. The molecule has 96 valence electrons. The summed E-state index contributed by atoms with van der Waals surface area (Å²) < 4.78 is 5.73. The van der Waals surface area contributed by atoms with E-state index in [1.165, 1.54) is 16.3 Å². The average Bonchev–Trinajstić information content (AvgIpc) is 2.41. The third-order valence-corrected chi connectivity index (χ3v) is 3.29. The molecule has 0 bridgehead atoms. The molecular weight excluding hydrogens is 222 g/mol. The normalized spacial score (nSPS) is 12.6. The van der Waals surface area contributed by atoms with E-state index in [2.05, 4.69) is 43.3 Å². The Labute approximate surface area is 109 Å². The largest absolute Gasteiger partial charge is 0.494 e. The van der Waals surface area contributed by atoms with E-state index in [1.807, 2.05) is 6.92 Å². The summed E-state index contributed by atoms with van der Waals surface area (Å²) in [6.45, 7) is 4.82. The minimum Gasteiger partial charge on any atom is -0.494 e. The Morgan fingerprint density at radius 1 is 1.11 bits per heavy atom. The number of ether oxygens (including phenoxy) is 1. The van der Waals surface area contributed by atoms with Crippen LogP contribution in [0.5, 0.6) is 5.75 Å². The van der Waals surface area contributed by atoms with Gasteiger partial charge in [-0.3, -0.25) is 0 Å². The topological polar surface area (TPSA) is 35.2 Å². The van der Waals surface area contributed by atoms with Crippen molar-refractivity contribution in [2.75, 3.05) is 6.61 Å². The lowest BCUT2D eigenvalue weighted by Crippen LogP contribution is -2.22. The molecule has 0 aromatic heterocycles. The molecule has 0 saturated carbocycles. The van der Waals surface area contributed by atoms with Crippen LogP contribution in [0.15, 0.2) is 36.4 Å². The van der Waals surface area contributed by atoms with Gasteiger partial charge in [0, 0.05) is 11.6 Å². The van der Waals surface area contributed by atoms with Crippen LogP contribution in [0, 0.1) is 0 Å². The van der Waals surface area contributed by atoms with Crippen molar-refractivity contribution in [3.63, 3.8) is 0 Å². The van der Waals surface area contributed by atoms with Crippen molar-refractivity contribution < 1.29 is 4.74 Å². The lowest BCUT2D eigenvalue weighted by molar-refractivity contribution is 0.336. The van der Waals surface area contributed by atoms with Crippen LogP contribution in [0.25, 0.3) is 10.8 Å². The standard InChI is InChI=1S/C16H21NO/c1-3-13(17)11-15-14-8-6-5-7-12(14)9-10-16(15)18-4-2/h5-10,13H,3-4,11,17H2,1-2H3. The van der Waals surface area contributed by atoms with Gasteiger partial charge in [-0.2, -0.15) is 0 Å². The van der Waals surface area contributed by atoms with Gasteiger partial charge in [-0.25, -0.2) is 0 Å². The maximum atomic E-state index is 6.11. The SMILES string of the molecule is CCOc1ccc2ccccc2c1CC(N)CC. The van der Waals surface area contributed by atoms with Crippen LogP contribution in [-0.2, 0) is 6.42 Å². The highest BCUT2D eigenvalue weighted by atomic mass is 16.5. The zero-order valence-electron chi connectivity index (χ0n) is 11.1. The third-order valence-electron chi connectivity index (χ3n) is 3.29. The Hall–Kier alpha value is -1.54. The van der Waals surface area contributed by atoms with Gasteiger partial charge in [0.15, 0.2) is 0 Å². The van der Waals surface area contributed by atoms with Gasteiger partial charge in [0.2, 0.25) is 0 Å². The quantitative estimate of drug-likeness (QED) is 0.872. The highest BCUT2D eigenvalue weighted by Crippen LogP contribution is 2.29. The van der Waals surface area contributed by atoms with Crippen LogP contribution in [0.4, 0.5) is 0 Å². The van der Waals surface area contributed by atoms with Crippen molar-refractivity contribution >= 4 is 10.8 Å². The van der Waals surface area contributed by atoms with Crippen LogP contribution in [0.3, 0.4) is 0 Å². The van der Waals surface area contributed by atoms with Crippen LogP contribution in [0.2, 0.25) is 0 Å². The van der Waals surface area contributed by atoms with E-state index < -0.39 is 0 Å². The molecule has 2 aromatic rings. The fourth-order valence-electron chi connectivity index (χ4n) is 2.22. The fraction of sp³-hybridized carbons (Fsp3) is 0.375. The van der Waals surface area contributed by atoms with Crippen molar-refractivity contribution in [2.24, 2.45) is 5.73 Å². The smallest absolute Gasteiger partial charge is 0.123 e. The summed E-state index contributed by atoms with van der Waals surface area (Å²) in [5.41, 5.74) is 7.35. The summed E-state index contributed by atoms with van der Waals surface area (Å²) >= 11 is 0. The number of nitrogens with two attached hydrogens (primary N) is 1. The van der Waals surface area contributed by atoms with E-state index >= 15 is 0 Å². The van der Waals surface area contributed by atoms with Gasteiger partial charge in [0.25, 0.3) is 0 Å². The minimum absolute atomic E-state index is 0.190. The molecule has 0 fully saturated rings. The van der Waals surface area contributed by atoms with E-state index in [1.54, 1.807) is 0 Å². The second-order valence-corrected chi connectivity index (χ2v) is 4.57. The molecule has 2 N–H and O–H groups in total. The number of rotatable bonds is 5. The number of fused-ring (bicyclic) bond motifs is 1. The predicted molar refractivity (Wildman–Crippen MR) is 77.1 cm³/mol. The van der Waals surface area contributed by atoms with Gasteiger partial charge < -0.3 is 10.5 Å². The van der Waals surface area contributed by atoms with Gasteiger partial charge in [-0.05, 0) is 36.6 Å². The number of hydrogen-bond acceptors (Lipinski definition) is 2. The van der Waals surface area contributed by atoms with E-state index in [-0.39, 0.29) is 6.04 Å². The minimum atomic E-state index is 0.190. The molecule has 18 heavy (non-hydrogen) atoms. The molecule has 0 saturated heterocycles. The second-order valence-electron chi connectivity index (χ2n) is 4.57. The molecule has 0 aliphatic carbocycles. The molecule has 1 unspecified atom stereocenters. The van der Waals surface area contributed by atoms with Crippen LogP contribution < -0.4 is 10.5 Å². The maximum Gasteiger partial charge on any atom is 0.123 e. The summed E-state index contributed by atoms with van der Waals surface area (Å²) in [5.74, 6) is 0.972. The molecular formula is C16H21NO. The molecule has 2 nitrogen and oxygen atoms in total. The predicted octanol–water partition coefficient (Wildman–Crippen LogP) is 3.52. The average molecular weight is 243 g/mol. The van der Waals surface area contributed by atoms with Gasteiger partial charge in [-0.1, -0.05) is 37.3 Å². The Kier molecular flexibility index (Phi) is 4.21. The molecule has 2 heteroatoms. The Balaban J connectivity index is 2.51. The number of hydrogen-bond donors (Lipinski definition) is 1. The van der Waals surface area contributed by atoms with E-state index in [9.17, 15) is 0 Å². The van der Waals surface area contributed by atoms with E-state index in [0.29, 0.717) is 6.61 Å². The molecule has 0 spiro atoms. The van der Waals surface area contributed by atoms with Gasteiger partial charge in [0.1, 0.15) is 5.75 Å². The van der Waals surface area contributed by atoms with Crippen molar-refractivity contribution in [1.29, 1.82) is 0 Å². The van der Waals surface area contributed by atoms with E-state index in [0.717, 1.165) is 18.6 Å². The second kappa shape index (κ2) is 5.87. The summed E-state index contributed by atoms with van der Waals surface area (Å²) in [6, 6.07) is 12.8. The molecule has 0 aliphatic heterocycles. The Bertz CT molecular complexity index is 521. The maximum absolute atomic E-state index is 6.11. The lowest BCUT2D eigenvalue weighted by Gasteiger charge is -2.16. The van der Waals surface area contributed by atoms with Crippen molar-refractivity contribution in [2.45, 2.75) is 32.7 Å². The lowest BCUT2D eigenvalue weighted by atomic mass is 9.97. The van der Waals surface area contributed by atoms with Gasteiger partial charge in [-0.15, -0.1) is 0 Å². The molecule has 2 rings (SSSR count). The molecule has 1 atom stereocenters. The van der Waals surface area contributed by atoms with Crippen LogP contribution >= 0.6 is 0 Å². The highest BCUT2D eigenvalue weighted by molar-refractivity contribution is 5.87. The zero-order valence-corrected chi connectivity index (χ0v) is 11.1. The monoisotopic (exact) mass is 243 g/mol. The van der Waals surface area contributed by atoms with Crippen molar-refractivity contribution in [3.05, 3.63) is 42.0 Å². The highest BCUT2D eigenvalue weighted by Gasteiger charge is 2.11. The first-order valence-electron chi connectivity index (χ1n) is 6.65. The molecule has 0 radical (unpaired) electrons. The molecule has 0 heterocycles. The van der Waals surface area contributed by atoms with Crippen LogP contribution in [0.1, 0.15) is 25.8 Å². The summed E-state index contributed by atoms with van der Waals surface area (Å²) in [5, 5.41) is 2.51. The van der Waals surface area contributed by atoms with Crippen molar-refractivity contribution in [3.8, 4) is 5.75 Å². The molecule has 0 amide bonds. The summed E-state index contributed by atoms with van der Waals surface area (Å²) in [4.78, 5) is 0. The summed E-state index contributed by atoms with van der Waals surface area (Å²) in [6.07, 6.45) is 1.85. The zero-order chi connectivity index (χ0) is 13.0. The first kappa shape index (κ1) is 12.9. The van der Waals surface area contributed by atoms with E-state index in [4.69, 9.17) is 10.5 Å². The first-order valence-corrected chi connectivity index (χ1v) is 6.65. The first-order chi connectivity index (χ1) is 8.76. The van der Waals surface area contributed by atoms with Crippen LogP contribution in [-0.4, -0.2) is 12.6 Å². The van der Waals surface area contributed by atoms with Gasteiger partial charge in [0.05, 0.1) is 6.61 Å². The molecule has 0 aliphatic rings. The Morgan fingerprint density at radius 3 is 2.61 bits per heavy atom. The fourth-order valence-corrected chi connectivity index (χ4v) is 2.22. The van der Waals surface area contributed by atoms with Crippen molar-refractivity contribution in [1.82, 2.24) is 0 Å². The number of benzene rings is 2. The summed E-state index contributed by atoms with van der Waals surface area (Å²) in [7, 11) is 0. The Morgan fingerprint density at radius 2 is 1.89 bits per heavy atom.